The molecule has 3 saturated heterocycles. The van der Waals surface area contributed by atoms with E-state index >= 15 is 0 Å². The minimum atomic E-state index is -1.35. The number of benzene rings is 2. The molecule has 1 unspecified atom stereocenters. The average molecular weight is 426 g/mol. The number of nitrogens with one attached hydrogen (secondary N) is 1. The molecule has 162 valence electrons. The van der Waals surface area contributed by atoms with E-state index in [1.165, 1.54) is 42.5 Å². The highest BCUT2D eigenvalue weighted by molar-refractivity contribution is 5.99. The first-order chi connectivity index (χ1) is 14.9. The zero-order chi connectivity index (χ0) is 22.0. The molecule has 3 aliphatic rings. The summed E-state index contributed by atoms with van der Waals surface area (Å²) in [6, 6.07) is 9.77. The Labute approximate surface area is 178 Å². The Morgan fingerprint density at radius 3 is 2.42 bits per heavy atom. The predicted octanol–water partition coefficient (Wildman–Crippen LogP) is 2.63. The van der Waals surface area contributed by atoms with Gasteiger partial charge >= 0.3 is 11.9 Å². The molecule has 0 spiro atoms. The third kappa shape index (κ3) is 4.59. The fraction of sp³-hybridized carbons (Fsp3) is 0.348. The number of amides is 1. The van der Waals surface area contributed by atoms with E-state index in [0.717, 1.165) is 25.9 Å². The molecular formula is C23H23FN2O5. The maximum Gasteiger partial charge on any atom is 0.335 e. The molecule has 3 aliphatic heterocycles. The highest BCUT2D eigenvalue weighted by Crippen LogP contribution is 2.31. The van der Waals surface area contributed by atoms with Gasteiger partial charge in [0, 0.05) is 17.7 Å². The van der Waals surface area contributed by atoms with Crippen LogP contribution in [0.15, 0.2) is 48.5 Å². The van der Waals surface area contributed by atoms with Crippen molar-refractivity contribution in [1.82, 2.24) is 10.2 Å². The molecule has 1 amide bonds. The van der Waals surface area contributed by atoms with Gasteiger partial charge in [-0.25, -0.2) is 14.0 Å². The van der Waals surface area contributed by atoms with Crippen molar-refractivity contribution in [1.29, 1.82) is 0 Å². The first kappa shape index (κ1) is 21.0. The van der Waals surface area contributed by atoms with Crippen LogP contribution in [0, 0.1) is 11.7 Å². The van der Waals surface area contributed by atoms with E-state index in [0.29, 0.717) is 6.54 Å². The number of aromatic carboxylic acids is 1. The highest BCUT2D eigenvalue weighted by atomic mass is 19.1. The van der Waals surface area contributed by atoms with Crippen LogP contribution in [0.1, 0.15) is 45.2 Å². The predicted molar refractivity (Wildman–Crippen MR) is 109 cm³/mol. The van der Waals surface area contributed by atoms with Crippen LogP contribution in [-0.2, 0) is 9.53 Å². The summed E-state index contributed by atoms with van der Waals surface area (Å²) in [5, 5.41) is 11.7. The topological polar surface area (TPSA) is 95.9 Å². The molecule has 0 saturated carbocycles. The number of carbonyl (C=O) groups excluding carboxylic acids is 2. The Bertz CT molecular complexity index is 1000. The van der Waals surface area contributed by atoms with E-state index in [9.17, 15) is 18.8 Å². The third-order valence-corrected chi connectivity index (χ3v) is 5.96. The maximum atomic E-state index is 14.5. The van der Waals surface area contributed by atoms with Crippen molar-refractivity contribution in [3.63, 3.8) is 0 Å². The average Bonchev–Trinajstić information content (AvgIpc) is 2.78. The fourth-order valence-corrected chi connectivity index (χ4v) is 4.24. The summed E-state index contributed by atoms with van der Waals surface area (Å²) in [6.07, 6.45) is 1.59. The second-order valence-corrected chi connectivity index (χ2v) is 7.93. The molecule has 2 aromatic rings. The van der Waals surface area contributed by atoms with Gasteiger partial charge in [0.2, 0.25) is 0 Å². The van der Waals surface area contributed by atoms with Gasteiger partial charge in [-0.15, -0.1) is 0 Å². The van der Waals surface area contributed by atoms with E-state index in [1.54, 1.807) is 6.07 Å². The molecule has 2 N–H and O–H groups in total. The second-order valence-electron chi connectivity index (χ2n) is 7.93. The Balaban J connectivity index is 1.57. The molecule has 5 rings (SSSR count). The zero-order valence-corrected chi connectivity index (χ0v) is 16.8. The lowest BCUT2D eigenvalue weighted by molar-refractivity contribution is -0.161. The summed E-state index contributed by atoms with van der Waals surface area (Å²) in [4.78, 5) is 39.3. The van der Waals surface area contributed by atoms with Crippen LogP contribution in [0.4, 0.5) is 4.39 Å². The van der Waals surface area contributed by atoms with Crippen LogP contribution >= 0.6 is 0 Å². The molecule has 0 radical (unpaired) electrons. The van der Waals surface area contributed by atoms with Crippen LogP contribution < -0.4 is 5.32 Å². The van der Waals surface area contributed by atoms with Crippen LogP contribution in [0.3, 0.4) is 0 Å². The number of hydrogen-bond acceptors (Lipinski definition) is 5. The van der Waals surface area contributed by atoms with Gasteiger partial charge < -0.3 is 15.2 Å². The summed E-state index contributed by atoms with van der Waals surface area (Å²) < 4.78 is 20.2. The molecule has 0 aliphatic carbocycles. The van der Waals surface area contributed by atoms with Gasteiger partial charge in [-0.05, 0) is 56.1 Å². The maximum absolute atomic E-state index is 14.5. The number of carbonyl (C=O) groups is 3. The van der Waals surface area contributed by atoms with E-state index in [4.69, 9.17) is 9.84 Å². The number of esters is 1. The zero-order valence-electron chi connectivity index (χ0n) is 16.8. The molecule has 2 atom stereocenters. The third-order valence-electron chi connectivity index (χ3n) is 5.96. The van der Waals surface area contributed by atoms with Crippen molar-refractivity contribution >= 4 is 17.8 Å². The van der Waals surface area contributed by atoms with Crippen molar-refractivity contribution in [2.75, 3.05) is 19.6 Å². The monoisotopic (exact) mass is 426 g/mol. The smallest absolute Gasteiger partial charge is 0.335 e. The van der Waals surface area contributed by atoms with E-state index < -0.39 is 29.7 Å². The van der Waals surface area contributed by atoms with Gasteiger partial charge in [-0.2, -0.15) is 0 Å². The Morgan fingerprint density at radius 2 is 1.77 bits per heavy atom. The number of rotatable bonds is 6. The molecular weight excluding hydrogens is 403 g/mol. The van der Waals surface area contributed by atoms with Gasteiger partial charge in [0.1, 0.15) is 11.9 Å². The molecule has 0 aromatic heterocycles. The van der Waals surface area contributed by atoms with Gasteiger partial charge in [-0.1, -0.05) is 24.3 Å². The highest BCUT2D eigenvalue weighted by Gasteiger charge is 2.38. The number of fused-ring (bicyclic) bond motifs is 3. The largest absolute Gasteiger partial charge is 0.478 e. The van der Waals surface area contributed by atoms with Crippen LogP contribution in [-0.4, -0.2) is 53.6 Å². The summed E-state index contributed by atoms with van der Waals surface area (Å²) in [6.45, 7) is 2.59. The Kier molecular flexibility index (Phi) is 5.99. The molecule has 2 aromatic carbocycles. The molecule has 8 heteroatoms. The first-order valence-corrected chi connectivity index (χ1v) is 10.2. The fourth-order valence-electron chi connectivity index (χ4n) is 4.24. The van der Waals surface area contributed by atoms with Gasteiger partial charge in [0.05, 0.1) is 5.56 Å². The lowest BCUT2D eigenvalue weighted by Crippen LogP contribution is -2.52. The second kappa shape index (κ2) is 8.85. The molecule has 3 heterocycles. The van der Waals surface area contributed by atoms with Gasteiger partial charge in [-0.3, -0.25) is 9.69 Å². The Morgan fingerprint density at radius 1 is 1.06 bits per heavy atom. The normalized spacial score (nSPS) is 23.1. The van der Waals surface area contributed by atoms with Crippen molar-refractivity contribution in [2.24, 2.45) is 5.92 Å². The minimum Gasteiger partial charge on any atom is -0.478 e. The van der Waals surface area contributed by atoms with Crippen molar-refractivity contribution in [3.8, 4) is 0 Å². The standard InChI is InChI=1S/C23H23FN2O5/c24-18-7-2-1-6-17(18)20(23(30)31-19-13-26-10-8-14(19)9-11-26)25-21(27)15-4-3-5-16(12-15)22(28)29/h1-7,12,14,19-20H,8-11,13H2,(H,25,27)(H,28,29)/t19-,20?/m0/s1. The molecule has 7 nitrogen and oxygen atoms in total. The van der Waals surface area contributed by atoms with Gasteiger partial charge in [0.15, 0.2) is 6.04 Å². The van der Waals surface area contributed by atoms with Gasteiger partial charge in [0.25, 0.3) is 5.91 Å². The number of halogens is 1. The lowest BCUT2D eigenvalue weighted by atomic mass is 9.86. The number of ether oxygens (including phenoxy) is 1. The summed E-state index contributed by atoms with van der Waals surface area (Å²) in [5.74, 6) is -2.98. The quantitative estimate of drug-likeness (QED) is 0.690. The van der Waals surface area contributed by atoms with Crippen molar-refractivity contribution in [3.05, 3.63) is 71.0 Å². The van der Waals surface area contributed by atoms with Crippen LogP contribution in [0.25, 0.3) is 0 Å². The van der Waals surface area contributed by atoms with Crippen molar-refractivity contribution < 1.29 is 28.6 Å². The number of carboxylic acids is 1. The summed E-state index contributed by atoms with van der Waals surface area (Å²) in [5.41, 5.74) is -0.0154. The number of piperidine rings is 3. The minimum absolute atomic E-state index is 0.00323. The lowest BCUT2D eigenvalue weighted by Gasteiger charge is -2.44. The number of carboxylic acid groups (broad SMARTS) is 1. The molecule has 3 fully saturated rings. The molecule has 2 bridgehead atoms. The Hall–Kier alpha value is -3.26. The first-order valence-electron chi connectivity index (χ1n) is 10.2. The number of hydrogen-bond donors (Lipinski definition) is 2. The summed E-state index contributed by atoms with van der Waals surface area (Å²) in [7, 11) is 0. The van der Waals surface area contributed by atoms with E-state index in [-0.39, 0.29) is 28.7 Å². The van der Waals surface area contributed by atoms with E-state index in [2.05, 4.69) is 10.2 Å². The van der Waals surface area contributed by atoms with Crippen LogP contribution in [0.5, 0.6) is 0 Å². The van der Waals surface area contributed by atoms with Crippen LogP contribution in [0.2, 0.25) is 0 Å². The molecule has 31 heavy (non-hydrogen) atoms. The summed E-state index contributed by atoms with van der Waals surface area (Å²) >= 11 is 0. The number of nitrogens with zero attached hydrogens (tertiary/aromatic N) is 1. The SMILES string of the molecule is O=C(O)c1cccc(C(=O)NC(C(=O)O[C@H]2CN3CCC2CC3)c2ccccc2F)c1. The van der Waals surface area contributed by atoms with E-state index in [1.807, 2.05) is 0 Å². The van der Waals surface area contributed by atoms with Crippen molar-refractivity contribution in [2.45, 2.75) is 25.0 Å².